The predicted molar refractivity (Wildman–Crippen MR) is 63.0 cm³/mol. The first-order chi connectivity index (χ1) is 6.69. The Morgan fingerprint density at radius 3 is 2.86 bits per heavy atom. The maximum atomic E-state index is 11.2. The van der Waals surface area contributed by atoms with E-state index in [0.717, 1.165) is 10.2 Å². The first-order valence-corrected chi connectivity index (χ1v) is 6.16. The Balaban J connectivity index is 2.94. The van der Waals surface area contributed by atoms with Crippen molar-refractivity contribution in [2.75, 3.05) is 6.26 Å². The average molecular weight is 275 g/mol. The molecule has 5 heteroatoms. The predicted octanol–water partition coefficient (Wildman–Crippen LogP) is 1.92. The third-order valence-electron chi connectivity index (χ3n) is 1.75. The van der Waals surface area contributed by atoms with E-state index in [1.54, 1.807) is 23.9 Å². The van der Waals surface area contributed by atoms with E-state index in [-0.39, 0.29) is 5.91 Å². The second kappa shape index (κ2) is 5.38. The molecule has 0 fully saturated rings. The summed E-state index contributed by atoms with van der Waals surface area (Å²) in [6, 6.07) is 5.46. The summed E-state index contributed by atoms with van der Waals surface area (Å²) in [6.45, 7) is 0. The monoisotopic (exact) mass is 274 g/mol. The van der Waals surface area contributed by atoms with Crippen molar-refractivity contribution < 1.29 is 4.79 Å². The minimum atomic E-state index is -0.276. The van der Waals surface area contributed by atoms with Crippen molar-refractivity contribution in [3.63, 3.8) is 0 Å². The van der Waals surface area contributed by atoms with E-state index in [2.05, 4.69) is 21.4 Å². The first kappa shape index (κ1) is 11.6. The van der Waals surface area contributed by atoms with E-state index >= 15 is 0 Å². The zero-order valence-electron chi connectivity index (χ0n) is 7.71. The van der Waals surface area contributed by atoms with Crippen LogP contribution < -0.4 is 11.3 Å². The van der Waals surface area contributed by atoms with Crippen LogP contribution in [0.25, 0.3) is 0 Å². The number of thioether (sulfide) groups is 1. The van der Waals surface area contributed by atoms with Gasteiger partial charge >= 0.3 is 0 Å². The molecule has 0 spiro atoms. The number of hydrogen-bond donors (Lipinski definition) is 2. The van der Waals surface area contributed by atoms with Crippen molar-refractivity contribution in [1.29, 1.82) is 0 Å². The van der Waals surface area contributed by atoms with Gasteiger partial charge < -0.3 is 0 Å². The zero-order chi connectivity index (χ0) is 10.6. The molecule has 0 saturated heterocycles. The van der Waals surface area contributed by atoms with Crippen LogP contribution in [0, 0.1) is 0 Å². The number of nitrogens with two attached hydrogens (primary N) is 1. The second-order valence-electron chi connectivity index (χ2n) is 2.71. The standard InChI is InChI=1S/C9H11BrN2OS/c1-14-5-7-3-2-6(4-8(7)10)9(13)12-11/h2-4H,5,11H2,1H3,(H,12,13). The SMILES string of the molecule is CSCc1ccc(C(=O)NN)cc1Br. The van der Waals surface area contributed by atoms with E-state index in [4.69, 9.17) is 5.84 Å². The fraction of sp³-hybridized carbons (Fsp3) is 0.222. The largest absolute Gasteiger partial charge is 0.290 e. The summed E-state index contributed by atoms with van der Waals surface area (Å²) in [7, 11) is 0. The molecule has 0 bridgehead atoms. The van der Waals surface area contributed by atoms with Gasteiger partial charge in [-0.15, -0.1) is 0 Å². The molecule has 0 aliphatic rings. The van der Waals surface area contributed by atoms with Gasteiger partial charge in [-0.1, -0.05) is 22.0 Å². The van der Waals surface area contributed by atoms with Gasteiger partial charge in [-0.2, -0.15) is 11.8 Å². The Hall–Kier alpha value is -0.520. The van der Waals surface area contributed by atoms with Gasteiger partial charge in [0, 0.05) is 15.8 Å². The molecule has 76 valence electrons. The molecule has 0 unspecified atom stereocenters. The maximum Gasteiger partial charge on any atom is 0.265 e. The van der Waals surface area contributed by atoms with Crippen LogP contribution in [0.3, 0.4) is 0 Å². The summed E-state index contributed by atoms with van der Waals surface area (Å²) < 4.78 is 0.938. The fourth-order valence-electron chi connectivity index (χ4n) is 1.04. The minimum Gasteiger partial charge on any atom is -0.290 e. The second-order valence-corrected chi connectivity index (χ2v) is 4.43. The van der Waals surface area contributed by atoms with Crippen LogP contribution >= 0.6 is 27.7 Å². The number of benzene rings is 1. The maximum absolute atomic E-state index is 11.2. The summed E-state index contributed by atoms with van der Waals surface area (Å²) >= 11 is 5.15. The molecule has 1 amide bonds. The number of carbonyl (C=O) groups is 1. The third kappa shape index (κ3) is 2.73. The van der Waals surface area contributed by atoms with Gasteiger partial charge in [-0.3, -0.25) is 10.2 Å². The molecule has 0 saturated carbocycles. The van der Waals surface area contributed by atoms with Gasteiger partial charge in [0.2, 0.25) is 0 Å². The van der Waals surface area contributed by atoms with Gasteiger partial charge in [0.1, 0.15) is 0 Å². The number of amides is 1. The molecule has 1 aromatic rings. The molecule has 0 aliphatic carbocycles. The van der Waals surface area contributed by atoms with Gasteiger partial charge in [-0.05, 0) is 24.0 Å². The highest BCUT2D eigenvalue weighted by molar-refractivity contribution is 9.10. The van der Waals surface area contributed by atoms with Crippen molar-refractivity contribution in [2.45, 2.75) is 5.75 Å². The van der Waals surface area contributed by atoms with E-state index in [0.29, 0.717) is 5.56 Å². The summed E-state index contributed by atoms with van der Waals surface area (Å²) in [6.07, 6.45) is 2.03. The first-order valence-electron chi connectivity index (χ1n) is 3.97. The molecule has 0 aliphatic heterocycles. The number of carbonyl (C=O) groups excluding carboxylic acids is 1. The Kier molecular flexibility index (Phi) is 4.44. The van der Waals surface area contributed by atoms with Crippen LogP contribution in [0.1, 0.15) is 15.9 Å². The summed E-state index contributed by atoms with van der Waals surface area (Å²) in [4.78, 5) is 11.2. The van der Waals surface area contributed by atoms with Gasteiger partial charge in [0.05, 0.1) is 0 Å². The van der Waals surface area contributed by atoms with Crippen LogP contribution in [0.15, 0.2) is 22.7 Å². The molecule has 3 N–H and O–H groups in total. The zero-order valence-corrected chi connectivity index (χ0v) is 10.1. The Morgan fingerprint density at radius 1 is 1.64 bits per heavy atom. The van der Waals surface area contributed by atoms with Crippen LogP contribution in [-0.4, -0.2) is 12.2 Å². The minimum absolute atomic E-state index is 0.276. The number of nitrogen functional groups attached to an aromatic ring is 1. The number of rotatable bonds is 3. The highest BCUT2D eigenvalue weighted by atomic mass is 79.9. The highest BCUT2D eigenvalue weighted by Gasteiger charge is 2.06. The Labute approximate surface area is 95.5 Å². The van der Waals surface area contributed by atoms with E-state index < -0.39 is 0 Å². The normalized spacial score (nSPS) is 9.93. The lowest BCUT2D eigenvalue weighted by atomic mass is 10.1. The van der Waals surface area contributed by atoms with Crippen molar-refractivity contribution in [1.82, 2.24) is 5.43 Å². The lowest BCUT2D eigenvalue weighted by Crippen LogP contribution is -2.29. The molecule has 0 radical (unpaired) electrons. The third-order valence-corrected chi connectivity index (χ3v) is 3.08. The van der Waals surface area contributed by atoms with Crippen LogP contribution in [-0.2, 0) is 5.75 Å². The van der Waals surface area contributed by atoms with Crippen LogP contribution in [0.5, 0.6) is 0 Å². The molecule has 3 nitrogen and oxygen atoms in total. The number of nitrogens with one attached hydrogen (secondary N) is 1. The Bertz CT molecular complexity index is 344. The van der Waals surface area contributed by atoms with Crippen molar-refractivity contribution in [3.8, 4) is 0 Å². The van der Waals surface area contributed by atoms with Crippen molar-refractivity contribution in [2.24, 2.45) is 5.84 Å². The smallest absolute Gasteiger partial charge is 0.265 e. The van der Waals surface area contributed by atoms with Gasteiger partial charge in [-0.25, -0.2) is 5.84 Å². The lowest BCUT2D eigenvalue weighted by Gasteiger charge is -2.05. The summed E-state index contributed by atoms with van der Waals surface area (Å²) in [5.41, 5.74) is 3.83. The number of hydrazine groups is 1. The fourth-order valence-corrected chi connectivity index (χ4v) is 2.31. The number of hydrogen-bond acceptors (Lipinski definition) is 3. The van der Waals surface area contributed by atoms with Gasteiger partial charge in [0.25, 0.3) is 5.91 Å². The van der Waals surface area contributed by atoms with Crippen molar-refractivity contribution >= 4 is 33.6 Å². The average Bonchev–Trinajstić information content (AvgIpc) is 2.20. The molecular weight excluding hydrogens is 264 g/mol. The summed E-state index contributed by atoms with van der Waals surface area (Å²) in [5, 5.41) is 0. The molecule has 0 atom stereocenters. The molecule has 14 heavy (non-hydrogen) atoms. The molecule has 1 aromatic carbocycles. The van der Waals surface area contributed by atoms with Crippen LogP contribution in [0.2, 0.25) is 0 Å². The summed E-state index contributed by atoms with van der Waals surface area (Å²) in [5.74, 6) is 5.68. The highest BCUT2D eigenvalue weighted by Crippen LogP contribution is 2.22. The van der Waals surface area contributed by atoms with E-state index in [1.807, 2.05) is 12.3 Å². The van der Waals surface area contributed by atoms with Crippen molar-refractivity contribution in [3.05, 3.63) is 33.8 Å². The molecular formula is C9H11BrN2OS. The van der Waals surface area contributed by atoms with Gasteiger partial charge in [0.15, 0.2) is 0 Å². The topological polar surface area (TPSA) is 55.1 Å². The van der Waals surface area contributed by atoms with E-state index in [9.17, 15) is 4.79 Å². The van der Waals surface area contributed by atoms with E-state index in [1.165, 1.54) is 5.56 Å². The Morgan fingerprint density at radius 2 is 2.36 bits per heavy atom. The quantitative estimate of drug-likeness (QED) is 0.503. The van der Waals surface area contributed by atoms with Crippen LogP contribution in [0.4, 0.5) is 0 Å². The lowest BCUT2D eigenvalue weighted by molar-refractivity contribution is 0.0953. The number of halogens is 1. The molecule has 1 rings (SSSR count). The molecule has 0 heterocycles. The molecule has 0 aromatic heterocycles.